The van der Waals surface area contributed by atoms with Crippen LogP contribution in [-0.2, 0) is 4.79 Å². The molecule has 1 aromatic heterocycles. The highest BCUT2D eigenvalue weighted by Gasteiger charge is 2.53. The maximum atomic E-state index is 13.2. The molecule has 2 fully saturated rings. The molecule has 4 rings (SSSR count). The monoisotopic (exact) mass is 341 g/mol. The number of nitrogens with one attached hydrogen (secondary N) is 1. The second-order valence-corrected chi connectivity index (χ2v) is 7.31. The molecule has 0 bridgehead atoms. The summed E-state index contributed by atoms with van der Waals surface area (Å²) in [6, 6.07) is 5.47. The summed E-state index contributed by atoms with van der Waals surface area (Å²) in [4.78, 5) is 30.2. The average molecular weight is 341 g/mol. The summed E-state index contributed by atoms with van der Waals surface area (Å²) in [5.41, 5.74) is 1.29. The van der Waals surface area contributed by atoms with Crippen LogP contribution in [-0.4, -0.2) is 61.7 Å². The molecule has 1 atom stereocenters. The maximum Gasteiger partial charge on any atom is 0.254 e. The van der Waals surface area contributed by atoms with Gasteiger partial charge in [-0.15, -0.1) is 0 Å². The molecule has 132 valence electrons. The Morgan fingerprint density at radius 3 is 2.64 bits per heavy atom. The Hall–Kier alpha value is -2.44. The Balaban J connectivity index is 1.68. The fourth-order valence-electron chi connectivity index (χ4n) is 4.30. The van der Waals surface area contributed by atoms with Crippen LogP contribution in [0.3, 0.4) is 0 Å². The quantitative estimate of drug-likeness (QED) is 0.905. The van der Waals surface area contributed by atoms with Crippen LogP contribution < -0.4 is 0 Å². The van der Waals surface area contributed by atoms with Gasteiger partial charge in [0.2, 0.25) is 5.91 Å². The summed E-state index contributed by atoms with van der Waals surface area (Å²) in [7, 11) is 0. The molecule has 25 heavy (non-hydrogen) atoms. The number of hydrogen-bond acceptors (Lipinski definition) is 4. The topological polar surface area (TPSA) is 82.2 Å². The number of hydrogen-bond donors (Lipinski definition) is 1. The second-order valence-electron chi connectivity index (χ2n) is 7.31. The number of rotatable bonds is 2. The van der Waals surface area contributed by atoms with Gasteiger partial charge in [0.15, 0.2) is 0 Å². The van der Waals surface area contributed by atoms with E-state index in [1.165, 1.54) is 0 Å². The molecule has 1 aromatic carbocycles. The Labute approximate surface area is 146 Å². The second kappa shape index (κ2) is 5.82. The van der Waals surface area contributed by atoms with Crippen molar-refractivity contribution in [2.24, 2.45) is 0 Å². The number of carbonyl (C=O) groups excluding carboxylic acids is 2. The van der Waals surface area contributed by atoms with Crippen LogP contribution in [0.15, 0.2) is 18.2 Å². The Morgan fingerprint density at radius 2 is 1.88 bits per heavy atom. The minimum Gasteiger partial charge on any atom is -0.338 e. The SMILES string of the molecule is CC(C)N1CCCC2(CCCN2C(=O)c2ccc3n[nH]nc3c2)C1=O. The van der Waals surface area contributed by atoms with Gasteiger partial charge in [0.25, 0.3) is 5.91 Å². The summed E-state index contributed by atoms with van der Waals surface area (Å²) >= 11 is 0. The van der Waals surface area contributed by atoms with Crippen molar-refractivity contribution in [2.45, 2.75) is 51.1 Å². The van der Waals surface area contributed by atoms with Crippen molar-refractivity contribution in [3.63, 3.8) is 0 Å². The van der Waals surface area contributed by atoms with Gasteiger partial charge < -0.3 is 9.80 Å². The highest BCUT2D eigenvalue weighted by atomic mass is 16.2. The third kappa shape index (κ3) is 2.41. The normalized spacial score (nSPS) is 24.0. The standard InChI is InChI=1S/C18H23N5O2/c1-12(2)22-9-3-7-18(17(22)25)8-4-10-23(18)16(24)13-5-6-14-15(11-13)20-21-19-14/h5-6,11-12H,3-4,7-10H2,1-2H3,(H,19,20,21). The van der Waals surface area contributed by atoms with Crippen LogP contribution >= 0.6 is 0 Å². The van der Waals surface area contributed by atoms with Gasteiger partial charge in [-0.1, -0.05) is 0 Å². The highest BCUT2D eigenvalue weighted by molar-refractivity contribution is 6.01. The van der Waals surface area contributed by atoms with E-state index in [4.69, 9.17) is 0 Å². The lowest BCUT2D eigenvalue weighted by molar-refractivity contribution is -0.147. The summed E-state index contributed by atoms with van der Waals surface area (Å²) in [6.07, 6.45) is 3.33. The lowest BCUT2D eigenvalue weighted by atomic mass is 9.84. The molecule has 0 aliphatic carbocycles. The Kier molecular flexibility index (Phi) is 3.74. The first-order valence-corrected chi connectivity index (χ1v) is 8.96. The van der Waals surface area contributed by atoms with E-state index in [9.17, 15) is 9.59 Å². The summed E-state index contributed by atoms with van der Waals surface area (Å²) < 4.78 is 0. The van der Waals surface area contributed by atoms with Crippen molar-refractivity contribution in [3.8, 4) is 0 Å². The first-order chi connectivity index (χ1) is 12.0. The van der Waals surface area contributed by atoms with Crippen molar-refractivity contribution >= 4 is 22.8 Å². The van der Waals surface area contributed by atoms with E-state index in [0.717, 1.165) is 37.7 Å². The van der Waals surface area contributed by atoms with Gasteiger partial charge in [0.05, 0.1) is 0 Å². The summed E-state index contributed by atoms with van der Waals surface area (Å²) in [5, 5.41) is 10.7. The van der Waals surface area contributed by atoms with Gasteiger partial charge >= 0.3 is 0 Å². The van der Waals surface area contributed by atoms with Gasteiger partial charge in [0.1, 0.15) is 16.6 Å². The predicted molar refractivity (Wildman–Crippen MR) is 93.0 cm³/mol. The number of aromatic amines is 1. The van der Waals surface area contributed by atoms with E-state index >= 15 is 0 Å². The van der Waals surface area contributed by atoms with E-state index in [0.29, 0.717) is 17.6 Å². The minimum atomic E-state index is -0.668. The van der Waals surface area contributed by atoms with E-state index in [-0.39, 0.29) is 17.9 Å². The number of likely N-dealkylation sites (tertiary alicyclic amines) is 2. The molecule has 1 unspecified atom stereocenters. The predicted octanol–water partition coefficient (Wildman–Crippen LogP) is 1.96. The number of carbonyl (C=O) groups is 2. The number of H-pyrrole nitrogens is 1. The van der Waals surface area contributed by atoms with Crippen molar-refractivity contribution in [1.29, 1.82) is 0 Å². The third-order valence-electron chi connectivity index (χ3n) is 5.57. The third-order valence-corrected chi connectivity index (χ3v) is 5.57. The molecule has 7 nitrogen and oxygen atoms in total. The first kappa shape index (κ1) is 16.1. The van der Waals surface area contributed by atoms with Gasteiger partial charge in [-0.05, 0) is 57.7 Å². The number of piperidine rings is 1. The molecule has 2 aliphatic rings. The van der Waals surface area contributed by atoms with Crippen LogP contribution in [0.5, 0.6) is 0 Å². The minimum absolute atomic E-state index is 0.0821. The number of benzene rings is 1. The molecular weight excluding hydrogens is 318 g/mol. The molecule has 0 radical (unpaired) electrons. The Bertz CT molecular complexity index is 830. The smallest absolute Gasteiger partial charge is 0.254 e. The highest BCUT2D eigenvalue weighted by Crippen LogP contribution is 2.39. The molecule has 2 aliphatic heterocycles. The van der Waals surface area contributed by atoms with Gasteiger partial charge in [0, 0.05) is 24.7 Å². The van der Waals surface area contributed by atoms with E-state index in [1.54, 1.807) is 18.2 Å². The zero-order valence-electron chi connectivity index (χ0n) is 14.7. The van der Waals surface area contributed by atoms with Crippen LogP contribution in [0.25, 0.3) is 11.0 Å². The first-order valence-electron chi connectivity index (χ1n) is 8.96. The average Bonchev–Trinajstić information content (AvgIpc) is 3.23. The fourth-order valence-corrected chi connectivity index (χ4v) is 4.30. The molecule has 2 amide bonds. The molecule has 3 heterocycles. The van der Waals surface area contributed by atoms with Gasteiger partial charge in [-0.3, -0.25) is 9.59 Å². The number of nitrogens with zero attached hydrogens (tertiary/aromatic N) is 4. The molecule has 0 saturated carbocycles. The summed E-state index contributed by atoms with van der Waals surface area (Å²) in [5.74, 6) is 0.0310. The van der Waals surface area contributed by atoms with E-state index < -0.39 is 5.54 Å². The van der Waals surface area contributed by atoms with Gasteiger partial charge in [-0.25, -0.2) is 0 Å². The van der Waals surface area contributed by atoms with Crippen molar-refractivity contribution < 1.29 is 9.59 Å². The van der Waals surface area contributed by atoms with Crippen molar-refractivity contribution in [1.82, 2.24) is 25.2 Å². The Morgan fingerprint density at radius 1 is 1.16 bits per heavy atom. The van der Waals surface area contributed by atoms with E-state index in [2.05, 4.69) is 15.4 Å². The summed E-state index contributed by atoms with van der Waals surface area (Å²) in [6.45, 7) is 5.49. The molecular formula is C18H23N5O2. The van der Waals surface area contributed by atoms with Crippen LogP contribution in [0.4, 0.5) is 0 Å². The maximum absolute atomic E-state index is 13.2. The number of amides is 2. The molecule has 1 spiro atoms. The largest absolute Gasteiger partial charge is 0.338 e. The lowest BCUT2D eigenvalue weighted by Crippen LogP contribution is -2.62. The lowest BCUT2D eigenvalue weighted by Gasteiger charge is -2.46. The van der Waals surface area contributed by atoms with Crippen molar-refractivity contribution in [2.75, 3.05) is 13.1 Å². The zero-order valence-corrected chi connectivity index (χ0v) is 14.7. The van der Waals surface area contributed by atoms with Crippen LogP contribution in [0.1, 0.15) is 49.9 Å². The van der Waals surface area contributed by atoms with Crippen LogP contribution in [0.2, 0.25) is 0 Å². The molecule has 2 aromatic rings. The fraction of sp³-hybridized carbons (Fsp3) is 0.556. The molecule has 7 heteroatoms. The molecule has 1 N–H and O–H groups in total. The van der Waals surface area contributed by atoms with Crippen LogP contribution in [0, 0.1) is 0 Å². The zero-order chi connectivity index (χ0) is 17.6. The number of aromatic nitrogens is 3. The van der Waals surface area contributed by atoms with Gasteiger partial charge in [-0.2, -0.15) is 15.4 Å². The van der Waals surface area contributed by atoms with E-state index in [1.807, 2.05) is 23.6 Å². The van der Waals surface area contributed by atoms with Crippen molar-refractivity contribution in [3.05, 3.63) is 23.8 Å². The number of fused-ring (bicyclic) bond motifs is 1. The molecule has 2 saturated heterocycles.